The van der Waals surface area contributed by atoms with E-state index in [-0.39, 0.29) is 0 Å². The third-order valence-corrected chi connectivity index (χ3v) is 3.81. The summed E-state index contributed by atoms with van der Waals surface area (Å²) in [6.07, 6.45) is 1.98. The lowest BCUT2D eigenvalue weighted by molar-refractivity contribution is 0.902. The maximum atomic E-state index is 6.13. The van der Waals surface area contributed by atoms with Crippen molar-refractivity contribution in [2.45, 2.75) is 0 Å². The first kappa shape index (κ1) is 12.6. The van der Waals surface area contributed by atoms with E-state index in [9.17, 15) is 0 Å². The van der Waals surface area contributed by atoms with Crippen molar-refractivity contribution in [1.29, 1.82) is 0 Å². The summed E-state index contributed by atoms with van der Waals surface area (Å²) >= 11 is 12.2. The topological polar surface area (TPSA) is 30.7 Å². The summed E-state index contributed by atoms with van der Waals surface area (Å²) in [7, 11) is 0. The van der Waals surface area contributed by atoms with E-state index in [0.29, 0.717) is 10.2 Å². The molecular weight excluding hydrogens is 305 g/mol. The Morgan fingerprint density at radius 1 is 0.905 bits per heavy atom. The normalized spacial score (nSPS) is 11.3. The third-order valence-electron chi connectivity index (χ3n) is 3.38. The van der Waals surface area contributed by atoms with Crippen LogP contribution in [0.25, 0.3) is 27.5 Å². The van der Waals surface area contributed by atoms with E-state index in [4.69, 9.17) is 23.2 Å². The molecule has 102 valence electrons. The summed E-state index contributed by atoms with van der Waals surface area (Å²) in [6.45, 7) is 0. The van der Waals surface area contributed by atoms with Gasteiger partial charge in [-0.15, -0.1) is 0 Å². The van der Waals surface area contributed by atoms with Gasteiger partial charge in [-0.2, -0.15) is 5.10 Å². The van der Waals surface area contributed by atoms with Crippen LogP contribution in [0.3, 0.4) is 0 Å². The minimum absolute atomic E-state index is 0.416. The fraction of sp³-hybridized carbons (Fsp3) is 0. The Kier molecular flexibility index (Phi) is 2.84. The second-order valence-corrected chi connectivity index (χ2v) is 5.58. The van der Waals surface area contributed by atoms with E-state index >= 15 is 0 Å². The molecule has 0 spiro atoms. The molecule has 0 radical (unpaired) electrons. The molecule has 0 saturated carbocycles. The molecule has 2 aromatic carbocycles. The molecule has 0 amide bonds. The van der Waals surface area contributed by atoms with Gasteiger partial charge < -0.3 is 0 Å². The van der Waals surface area contributed by atoms with Crippen molar-refractivity contribution in [1.82, 2.24) is 14.8 Å². The highest BCUT2D eigenvalue weighted by atomic mass is 35.5. The molecule has 3 nitrogen and oxygen atoms in total. The molecule has 4 rings (SSSR count). The van der Waals surface area contributed by atoms with Crippen molar-refractivity contribution in [3.05, 3.63) is 64.9 Å². The van der Waals surface area contributed by atoms with Crippen LogP contribution in [-0.2, 0) is 0 Å². The van der Waals surface area contributed by atoms with Crippen LogP contribution in [0.4, 0.5) is 0 Å². The van der Waals surface area contributed by atoms with Crippen LogP contribution < -0.4 is 0 Å². The molecule has 0 N–H and O–H groups in total. The van der Waals surface area contributed by atoms with Gasteiger partial charge >= 0.3 is 0 Å². The Labute approximate surface area is 130 Å². The highest BCUT2D eigenvalue weighted by molar-refractivity contribution is 6.32. The van der Waals surface area contributed by atoms with Gasteiger partial charge in [-0.1, -0.05) is 41.4 Å². The fourth-order valence-electron chi connectivity index (χ4n) is 2.43. The maximum Gasteiger partial charge on any atom is 0.131 e. The van der Waals surface area contributed by atoms with Crippen LogP contribution in [0.2, 0.25) is 10.2 Å². The molecule has 0 aliphatic rings. The summed E-state index contributed by atoms with van der Waals surface area (Å²) in [4.78, 5) is 4.32. The summed E-state index contributed by atoms with van der Waals surface area (Å²) < 4.78 is 1.83. The first-order valence-electron chi connectivity index (χ1n) is 6.41. The van der Waals surface area contributed by atoms with Crippen LogP contribution in [0, 0.1) is 0 Å². The van der Waals surface area contributed by atoms with E-state index in [1.54, 1.807) is 6.07 Å². The van der Waals surface area contributed by atoms with Crippen LogP contribution in [0.5, 0.6) is 0 Å². The number of benzene rings is 2. The Hall–Kier alpha value is -2.10. The van der Waals surface area contributed by atoms with Gasteiger partial charge in [0.15, 0.2) is 0 Å². The van der Waals surface area contributed by atoms with E-state index in [0.717, 1.165) is 27.5 Å². The lowest BCUT2D eigenvalue weighted by Crippen LogP contribution is -1.97. The quantitative estimate of drug-likeness (QED) is 0.469. The molecule has 2 aromatic heterocycles. The van der Waals surface area contributed by atoms with E-state index < -0.39 is 0 Å². The van der Waals surface area contributed by atoms with Crippen molar-refractivity contribution in [2.75, 3.05) is 0 Å². The lowest BCUT2D eigenvalue weighted by Gasteiger charge is -2.07. The molecule has 0 unspecified atom stereocenters. The molecule has 21 heavy (non-hydrogen) atoms. The van der Waals surface area contributed by atoms with Gasteiger partial charge in [0.25, 0.3) is 0 Å². The smallest absolute Gasteiger partial charge is 0.131 e. The van der Waals surface area contributed by atoms with Crippen LogP contribution in [-0.4, -0.2) is 14.8 Å². The molecule has 5 heteroatoms. The Morgan fingerprint density at radius 2 is 1.76 bits per heavy atom. The largest absolute Gasteiger partial charge is 0.239 e. The van der Waals surface area contributed by atoms with Gasteiger partial charge in [0.2, 0.25) is 0 Å². The van der Waals surface area contributed by atoms with E-state index in [1.807, 2.05) is 53.3 Å². The molecule has 0 bridgehead atoms. The second kappa shape index (κ2) is 4.72. The van der Waals surface area contributed by atoms with Crippen molar-refractivity contribution >= 4 is 45.0 Å². The molecule has 0 aliphatic heterocycles. The van der Waals surface area contributed by atoms with Crippen LogP contribution in [0.1, 0.15) is 0 Å². The average molecular weight is 314 g/mol. The van der Waals surface area contributed by atoms with Gasteiger partial charge in [-0.05, 0) is 24.3 Å². The Bertz CT molecular complexity index is 938. The minimum Gasteiger partial charge on any atom is -0.239 e. The number of hydrogen-bond acceptors (Lipinski definition) is 2. The van der Waals surface area contributed by atoms with Crippen LogP contribution in [0.15, 0.2) is 54.7 Å². The average Bonchev–Trinajstić information content (AvgIpc) is 2.89. The van der Waals surface area contributed by atoms with E-state index in [1.165, 1.54) is 0 Å². The third kappa shape index (κ3) is 2.15. The zero-order chi connectivity index (χ0) is 14.4. The first-order chi connectivity index (χ1) is 10.2. The van der Waals surface area contributed by atoms with Crippen molar-refractivity contribution in [3.63, 3.8) is 0 Å². The number of nitrogens with zero attached hydrogens (tertiary/aromatic N) is 3. The van der Waals surface area contributed by atoms with Crippen molar-refractivity contribution < 1.29 is 0 Å². The summed E-state index contributed by atoms with van der Waals surface area (Å²) in [6, 6.07) is 15.4. The van der Waals surface area contributed by atoms with Gasteiger partial charge in [-0.25, -0.2) is 9.67 Å². The predicted octanol–water partition coefficient (Wildman–Crippen LogP) is 4.88. The van der Waals surface area contributed by atoms with Gasteiger partial charge in [0.1, 0.15) is 5.15 Å². The molecular formula is C16H9Cl2N3. The highest BCUT2D eigenvalue weighted by Crippen LogP contribution is 2.27. The first-order valence-corrected chi connectivity index (χ1v) is 7.17. The molecule has 0 fully saturated rings. The fourth-order valence-corrected chi connectivity index (χ4v) is 2.79. The standard InChI is InChI=1S/C16H9Cl2N3/c17-11-5-6-12-14(7-11)19-16(18)8-15(12)21-9-10-3-1-2-4-13(10)20-21/h1-9H. The minimum atomic E-state index is 0.416. The molecule has 2 heterocycles. The number of fused-ring (bicyclic) bond motifs is 2. The van der Waals surface area contributed by atoms with Crippen molar-refractivity contribution in [3.8, 4) is 5.69 Å². The molecule has 4 aromatic rings. The van der Waals surface area contributed by atoms with Crippen LogP contribution >= 0.6 is 23.2 Å². The number of hydrogen-bond donors (Lipinski definition) is 0. The number of halogens is 2. The maximum absolute atomic E-state index is 6.13. The van der Waals surface area contributed by atoms with Gasteiger partial charge in [0, 0.05) is 28.1 Å². The van der Waals surface area contributed by atoms with E-state index in [2.05, 4.69) is 10.1 Å². The predicted molar refractivity (Wildman–Crippen MR) is 86.4 cm³/mol. The SMILES string of the molecule is Clc1ccc2c(-n3cc4ccccc4n3)cc(Cl)nc2c1. The van der Waals surface area contributed by atoms with Gasteiger partial charge in [-0.3, -0.25) is 0 Å². The summed E-state index contributed by atoms with van der Waals surface area (Å²) in [5.41, 5.74) is 2.58. The number of pyridine rings is 1. The summed E-state index contributed by atoms with van der Waals surface area (Å²) in [5, 5.41) is 7.67. The zero-order valence-electron chi connectivity index (χ0n) is 10.8. The molecule has 0 saturated heterocycles. The second-order valence-electron chi connectivity index (χ2n) is 4.76. The molecule has 0 aliphatic carbocycles. The lowest BCUT2D eigenvalue weighted by atomic mass is 10.2. The monoisotopic (exact) mass is 313 g/mol. The van der Waals surface area contributed by atoms with Crippen molar-refractivity contribution in [2.24, 2.45) is 0 Å². The Balaban J connectivity index is 2.04. The summed E-state index contributed by atoms with van der Waals surface area (Å²) in [5.74, 6) is 0. The number of rotatable bonds is 1. The van der Waals surface area contributed by atoms with Gasteiger partial charge in [0.05, 0.1) is 16.7 Å². The zero-order valence-corrected chi connectivity index (χ0v) is 12.3. The number of aromatic nitrogens is 3. The molecule has 0 atom stereocenters. The Morgan fingerprint density at radius 3 is 2.62 bits per heavy atom. The highest BCUT2D eigenvalue weighted by Gasteiger charge is 2.09.